The minimum absolute atomic E-state index is 0.169. The van der Waals surface area contributed by atoms with E-state index in [1.807, 2.05) is 12.1 Å². The van der Waals surface area contributed by atoms with Crippen molar-refractivity contribution >= 4 is 28.9 Å². The summed E-state index contributed by atoms with van der Waals surface area (Å²) in [6, 6.07) is 13.0. The number of halogens is 2. The second kappa shape index (κ2) is 6.91. The molecule has 1 amide bonds. The van der Waals surface area contributed by atoms with E-state index in [2.05, 4.69) is 10.6 Å². The number of hydrogen-bond donors (Lipinski definition) is 2. The monoisotopic (exact) mass is 292 g/mol. The SMILES string of the molecule is O=C(CCNc1ccc(Cl)cc1)Nc1cccc(F)c1. The topological polar surface area (TPSA) is 41.1 Å². The molecule has 3 nitrogen and oxygen atoms in total. The maximum atomic E-state index is 12.9. The fourth-order valence-corrected chi connectivity index (χ4v) is 1.80. The van der Waals surface area contributed by atoms with Crippen molar-refractivity contribution in [2.24, 2.45) is 0 Å². The Morgan fingerprint density at radius 3 is 2.55 bits per heavy atom. The van der Waals surface area contributed by atoms with E-state index in [0.717, 1.165) is 5.69 Å². The average molecular weight is 293 g/mol. The van der Waals surface area contributed by atoms with Crippen molar-refractivity contribution in [2.75, 3.05) is 17.2 Å². The zero-order chi connectivity index (χ0) is 14.4. The highest BCUT2D eigenvalue weighted by Crippen LogP contribution is 2.13. The second-order valence-electron chi connectivity index (χ2n) is 4.24. The zero-order valence-electron chi connectivity index (χ0n) is 10.7. The lowest BCUT2D eigenvalue weighted by Gasteiger charge is -2.07. The average Bonchev–Trinajstić information content (AvgIpc) is 2.41. The number of anilines is 2. The first-order chi connectivity index (χ1) is 9.63. The molecule has 0 aromatic heterocycles. The summed E-state index contributed by atoms with van der Waals surface area (Å²) in [4.78, 5) is 11.7. The van der Waals surface area contributed by atoms with E-state index in [4.69, 9.17) is 11.6 Å². The highest BCUT2D eigenvalue weighted by atomic mass is 35.5. The fraction of sp³-hybridized carbons (Fsp3) is 0.133. The number of hydrogen-bond acceptors (Lipinski definition) is 2. The molecule has 0 spiro atoms. The van der Waals surface area contributed by atoms with E-state index in [1.54, 1.807) is 24.3 Å². The van der Waals surface area contributed by atoms with Crippen molar-refractivity contribution in [3.05, 3.63) is 59.4 Å². The predicted molar refractivity (Wildman–Crippen MR) is 79.6 cm³/mol. The smallest absolute Gasteiger partial charge is 0.226 e. The molecule has 2 rings (SSSR count). The Balaban J connectivity index is 1.76. The van der Waals surface area contributed by atoms with Crippen LogP contribution in [0, 0.1) is 5.82 Å². The van der Waals surface area contributed by atoms with Crippen molar-refractivity contribution in [3.8, 4) is 0 Å². The largest absolute Gasteiger partial charge is 0.385 e. The van der Waals surface area contributed by atoms with E-state index < -0.39 is 0 Å². The molecule has 5 heteroatoms. The number of carbonyl (C=O) groups is 1. The van der Waals surface area contributed by atoms with Gasteiger partial charge in [0.25, 0.3) is 0 Å². The van der Waals surface area contributed by atoms with Crippen LogP contribution < -0.4 is 10.6 Å². The van der Waals surface area contributed by atoms with Crippen molar-refractivity contribution in [1.29, 1.82) is 0 Å². The first-order valence-corrected chi connectivity index (χ1v) is 6.56. The maximum Gasteiger partial charge on any atom is 0.226 e. The number of benzene rings is 2. The third-order valence-electron chi connectivity index (χ3n) is 2.63. The minimum Gasteiger partial charge on any atom is -0.385 e. The summed E-state index contributed by atoms with van der Waals surface area (Å²) in [7, 11) is 0. The Morgan fingerprint density at radius 1 is 1.10 bits per heavy atom. The van der Waals surface area contributed by atoms with Gasteiger partial charge in [0.2, 0.25) is 5.91 Å². The molecular formula is C15H14ClFN2O. The number of rotatable bonds is 5. The molecule has 0 atom stereocenters. The van der Waals surface area contributed by atoms with Crippen molar-refractivity contribution in [2.45, 2.75) is 6.42 Å². The Morgan fingerprint density at radius 2 is 1.85 bits per heavy atom. The van der Waals surface area contributed by atoms with Gasteiger partial charge in [-0.05, 0) is 42.5 Å². The molecule has 0 aliphatic carbocycles. The molecule has 2 aromatic rings. The van der Waals surface area contributed by atoms with Crippen molar-refractivity contribution < 1.29 is 9.18 Å². The van der Waals surface area contributed by atoms with Crippen molar-refractivity contribution in [3.63, 3.8) is 0 Å². The van der Waals surface area contributed by atoms with Gasteiger partial charge in [0.15, 0.2) is 0 Å². The van der Waals surface area contributed by atoms with Gasteiger partial charge in [-0.1, -0.05) is 17.7 Å². The summed E-state index contributed by atoms with van der Waals surface area (Å²) in [6.45, 7) is 0.489. The summed E-state index contributed by atoms with van der Waals surface area (Å²) in [6.07, 6.45) is 0.291. The summed E-state index contributed by atoms with van der Waals surface area (Å²) in [5, 5.41) is 6.41. The molecule has 104 valence electrons. The first kappa shape index (κ1) is 14.3. The number of nitrogens with one attached hydrogen (secondary N) is 2. The van der Waals surface area contributed by atoms with Crippen LogP contribution >= 0.6 is 11.6 Å². The van der Waals surface area contributed by atoms with Gasteiger partial charge in [-0.25, -0.2) is 4.39 Å². The Kier molecular flexibility index (Phi) is 4.96. The van der Waals surface area contributed by atoms with Crippen LogP contribution in [-0.4, -0.2) is 12.5 Å². The zero-order valence-corrected chi connectivity index (χ0v) is 11.5. The lowest BCUT2D eigenvalue weighted by molar-refractivity contribution is -0.115. The normalized spacial score (nSPS) is 10.1. The van der Waals surface area contributed by atoms with E-state index in [0.29, 0.717) is 23.7 Å². The Labute approximate surface area is 121 Å². The minimum atomic E-state index is -0.373. The highest BCUT2D eigenvalue weighted by molar-refractivity contribution is 6.30. The van der Waals surface area contributed by atoms with Crippen molar-refractivity contribution in [1.82, 2.24) is 0 Å². The third kappa shape index (κ3) is 4.55. The van der Waals surface area contributed by atoms with Gasteiger partial charge in [0.1, 0.15) is 5.82 Å². The van der Waals surface area contributed by atoms with Gasteiger partial charge in [0.05, 0.1) is 0 Å². The van der Waals surface area contributed by atoms with E-state index in [1.165, 1.54) is 12.1 Å². The molecule has 0 unspecified atom stereocenters. The highest BCUT2D eigenvalue weighted by Gasteiger charge is 2.03. The molecule has 0 heterocycles. The van der Waals surface area contributed by atoms with Gasteiger partial charge < -0.3 is 10.6 Å². The van der Waals surface area contributed by atoms with Crippen LogP contribution in [0.2, 0.25) is 5.02 Å². The summed E-state index contributed by atoms with van der Waals surface area (Å²) >= 11 is 5.78. The lowest BCUT2D eigenvalue weighted by atomic mass is 10.3. The van der Waals surface area contributed by atoms with Gasteiger partial charge in [-0.15, -0.1) is 0 Å². The quantitative estimate of drug-likeness (QED) is 0.877. The third-order valence-corrected chi connectivity index (χ3v) is 2.89. The lowest BCUT2D eigenvalue weighted by Crippen LogP contribution is -2.16. The fourth-order valence-electron chi connectivity index (χ4n) is 1.68. The number of carbonyl (C=O) groups excluding carboxylic acids is 1. The number of amides is 1. The first-order valence-electron chi connectivity index (χ1n) is 6.18. The molecule has 0 saturated heterocycles. The van der Waals surface area contributed by atoms with Crippen LogP contribution in [0.4, 0.5) is 15.8 Å². The molecule has 20 heavy (non-hydrogen) atoms. The summed E-state index contributed by atoms with van der Waals surface area (Å²) in [5.41, 5.74) is 1.36. The maximum absolute atomic E-state index is 12.9. The van der Waals surface area contributed by atoms with E-state index >= 15 is 0 Å². The van der Waals surface area contributed by atoms with Crippen LogP contribution in [0.5, 0.6) is 0 Å². The molecule has 0 aliphatic rings. The van der Waals surface area contributed by atoms with Gasteiger partial charge in [0, 0.05) is 29.4 Å². The molecule has 2 N–H and O–H groups in total. The second-order valence-corrected chi connectivity index (χ2v) is 4.68. The molecule has 2 aromatic carbocycles. The summed E-state index contributed by atoms with van der Waals surface area (Å²) in [5.74, 6) is -0.542. The summed E-state index contributed by atoms with van der Waals surface area (Å²) < 4.78 is 12.9. The Hall–Kier alpha value is -2.07. The predicted octanol–water partition coefficient (Wildman–Crippen LogP) is 3.92. The van der Waals surface area contributed by atoms with Gasteiger partial charge >= 0.3 is 0 Å². The Bertz CT molecular complexity index is 587. The van der Waals surface area contributed by atoms with Crippen LogP contribution in [0.1, 0.15) is 6.42 Å². The molecule has 0 bridgehead atoms. The van der Waals surface area contributed by atoms with E-state index in [9.17, 15) is 9.18 Å². The molecule has 0 aliphatic heterocycles. The van der Waals surface area contributed by atoms with Crippen LogP contribution in [0.15, 0.2) is 48.5 Å². The van der Waals surface area contributed by atoms with E-state index in [-0.39, 0.29) is 11.7 Å². The molecule has 0 fully saturated rings. The molecule has 0 radical (unpaired) electrons. The standard InChI is InChI=1S/C15H14ClFN2O/c16-11-4-6-13(7-5-11)18-9-8-15(20)19-14-3-1-2-12(17)10-14/h1-7,10,18H,8-9H2,(H,19,20). The van der Waals surface area contributed by atoms with Gasteiger partial charge in [-0.2, -0.15) is 0 Å². The molecular weight excluding hydrogens is 279 g/mol. The molecule has 0 saturated carbocycles. The van der Waals surface area contributed by atoms with Crippen LogP contribution in [0.3, 0.4) is 0 Å². The van der Waals surface area contributed by atoms with Crippen LogP contribution in [0.25, 0.3) is 0 Å². The van der Waals surface area contributed by atoms with Gasteiger partial charge in [-0.3, -0.25) is 4.79 Å². The van der Waals surface area contributed by atoms with Crippen LogP contribution in [-0.2, 0) is 4.79 Å².